The summed E-state index contributed by atoms with van der Waals surface area (Å²) < 4.78 is 0. The lowest BCUT2D eigenvalue weighted by Crippen LogP contribution is -2.40. The fraction of sp³-hybridized carbons (Fsp3) is 0.647. The molecule has 1 fully saturated rings. The Labute approximate surface area is 122 Å². The van der Waals surface area contributed by atoms with Crippen LogP contribution in [0.5, 0.6) is 0 Å². The third-order valence-electron chi connectivity index (χ3n) is 4.31. The Bertz CT molecular complexity index is 391. The second kappa shape index (κ2) is 7.31. The second-order valence-corrected chi connectivity index (χ2v) is 6.48. The Hall–Kier alpha value is -0.530. The van der Waals surface area contributed by atoms with E-state index in [2.05, 4.69) is 31.3 Å². The number of nitrogens with one attached hydrogen (secondary N) is 1. The predicted octanol–water partition coefficient (Wildman–Crippen LogP) is 4.83. The lowest BCUT2D eigenvalue weighted by molar-refractivity contribution is 0.264. The molecule has 0 heterocycles. The summed E-state index contributed by atoms with van der Waals surface area (Å²) in [5.74, 6) is 0.935. The Morgan fingerprint density at radius 2 is 2.21 bits per heavy atom. The molecule has 1 aromatic carbocycles. The van der Waals surface area contributed by atoms with E-state index >= 15 is 0 Å². The van der Waals surface area contributed by atoms with Gasteiger partial charge in [0.25, 0.3) is 0 Å². The van der Waals surface area contributed by atoms with Crippen LogP contribution in [0.4, 0.5) is 0 Å². The van der Waals surface area contributed by atoms with Crippen molar-refractivity contribution in [3.05, 3.63) is 34.9 Å². The molecule has 1 aromatic rings. The van der Waals surface area contributed by atoms with Crippen molar-refractivity contribution >= 4 is 11.6 Å². The second-order valence-electron chi connectivity index (χ2n) is 6.04. The molecule has 2 rings (SSSR count). The average Bonchev–Trinajstić information content (AvgIpc) is 2.38. The summed E-state index contributed by atoms with van der Waals surface area (Å²) in [6.45, 7) is 4.61. The van der Waals surface area contributed by atoms with E-state index in [0.29, 0.717) is 12.1 Å². The first-order valence-electron chi connectivity index (χ1n) is 7.68. The molecule has 1 N–H and O–H groups in total. The van der Waals surface area contributed by atoms with Crippen LogP contribution in [0.15, 0.2) is 24.3 Å². The van der Waals surface area contributed by atoms with Crippen LogP contribution in [0.25, 0.3) is 0 Å². The molecule has 1 aliphatic carbocycles. The summed E-state index contributed by atoms with van der Waals surface area (Å²) in [4.78, 5) is 0. The average molecular weight is 280 g/mol. The Balaban J connectivity index is 1.82. The first-order valence-corrected chi connectivity index (χ1v) is 8.05. The van der Waals surface area contributed by atoms with Crippen molar-refractivity contribution in [1.29, 1.82) is 0 Å². The van der Waals surface area contributed by atoms with E-state index in [1.807, 2.05) is 12.1 Å². The molecule has 0 aromatic heterocycles. The first-order chi connectivity index (χ1) is 9.17. The van der Waals surface area contributed by atoms with Gasteiger partial charge in [0.1, 0.15) is 0 Å². The normalized spacial score (nSPS) is 25.2. The highest BCUT2D eigenvalue weighted by molar-refractivity contribution is 6.30. The van der Waals surface area contributed by atoms with Crippen LogP contribution in [0.1, 0.15) is 51.5 Å². The van der Waals surface area contributed by atoms with Crippen LogP contribution in [-0.4, -0.2) is 12.1 Å². The zero-order valence-electron chi connectivity index (χ0n) is 12.2. The van der Waals surface area contributed by atoms with Crippen LogP contribution < -0.4 is 5.32 Å². The predicted molar refractivity (Wildman–Crippen MR) is 83.8 cm³/mol. The standard InChI is InChI=1S/C17H26ClN/c1-3-14-6-5-9-17(12-14)19-13(2)10-15-7-4-8-16(18)11-15/h4,7-8,11,13-14,17,19H,3,5-6,9-10,12H2,1-2H3. The molecule has 0 bridgehead atoms. The molecule has 1 nitrogen and oxygen atoms in total. The number of hydrogen-bond donors (Lipinski definition) is 1. The van der Waals surface area contributed by atoms with E-state index < -0.39 is 0 Å². The smallest absolute Gasteiger partial charge is 0.0408 e. The lowest BCUT2D eigenvalue weighted by Gasteiger charge is -2.31. The van der Waals surface area contributed by atoms with Crippen molar-refractivity contribution in [2.24, 2.45) is 5.92 Å². The minimum atomic E-state index is 0.527. The Kier molecular flexibility index (Phi) is 5.72. The Morgan fingerprint density at radius 1 is 1.37 bits per heavy atom. The van der Waals surface area contributed by atoms with Gasteiger partial charge in [-0.25, -0.2) is 0 Å². The summed E-state index contributed by atoms with van der Waals surface area (Å²) >= 11 is 6.04. The summed E-state index contributed by atoms with van der Waals surface area (Å²) in [6, 6.07) is 9.47. The molecule has 0 radical (unpaired) electrons. The molecule has 0 amide bonds. The van der Waals surface area contributed by atoms with Crippen LogP contribution >= 0.6 is 11.6 Å². The fourth-order valence-electron chi connectivity index (χ4n) is 3.29. The molecular weight excluding hydrogens is 254 g/mol. The highest BCUT2D eigenvalue weighted by Gasteiger charge is 2.21. The molecule has 106 valence electrons. The number of benzene rings is 1. The van der Waals surface area contributed by atoms with Gasteiger partial charge in [-0.1, -0.05) is 49.9 Å². The quantitative estimate of drug-likeness (QED) is 0.814. The monoisotopic (exact) mass is 279 g/mol. The molecular formula is C17H26ClN. The van der Waals surface area contributed by atoms with Gasteiger partial charge in [0.2, 0.25) is 0 Å². The molecule has 2 heteroatoms. The minimum Gasteiger partial charge on any atom is -0.311 e. The molecule has 3 unspecified atom stereocenters. The van der Waals surface area contributed by atoms with Crippen LogP contribution in [-0.2, 0) is 6.42 Å². The van der Waals surface area contributed by atoms with Gasteiger partial charge in [-0.3, -0.25) is 0 Å². The zero-order valence-corrected chi connectivity index (χ0v) is 12.9. The van der Waals surface area contributed by atoms with Crippen LogP contribution in [0.3, 0.4) is 0 Å². The Morgan fingerprint density at radius 3 is 2.95 bits per heavy atom. The maximum Gasteiger partial charge on any atom is 0.0408 e. The third kappa shape index (κ3) is 4.81. The first kappa shape index (κ1) is 14.9. The highest BCUT2D eigenvalue weighted by Crippen LogP contribution is 2.27. The molecule has 1 aliphatic rings. The van der Waals surface area contributed by atoms with E-state index in [9.17, 15) is 0 Å². The van der Waals surface area contributed by atoms with Gasteiger partial charge in [0.15, 0.2) is 0 Å². The summed E-state index contributed by atoms with van der Waals surface area (Å²) in [7, 11) is 0. The van der Waals surface area contributed by atoms with Gasteiger partial charge in [-0.05, 0) is 49.8 Å². The van der Waals surface area contributed by atoms with E-state index in [-0.39, 0.29) is 0 Å². The van der Waals surface area contributed by atoms with Gasteiger partial charge in [0.05, 0.1) is 0 Å². The van der Waals surface area contributed by atoms with Crippen LogP contribution in [0.2, 0.25) is 5.02 Å². The van der Waals surface area contributed by atoms with Gasteiger partial charge < -0.3 is 5.32 Å². The van der Waals surface area contributed by atoms with Gasteiger partial charge in [-0.2, -0.15) is 0 Å². The van der Waals surface area contributed by atoms with Crippen molar-refractivity contribution in [3.8, 4) is 0 Å². The highest BCUT2D eigenvalue weighted by atomic mass is 35.5. The fourth-order valence-corrected chi connectivity index (χ4v) is 3.50. The van der Waals surface area contributed by atoms with E-state index in [0.717, 1.165) is 17.4 Å². The topological polar surface area (TPSA) is 12.0 Å². The number of halogens is 1. The number of hydrogen-bond acceptors (Lipinski definition) is 1. The number of rotatable bonds is 5. The van der Waals surface area contributed by atoms with E-state index in [4.69, 9.17) is 11.6 Å². The van der Waals surface area contributed by atoms with Crippen molar-refractivity contribution in [1.82, 2.24) is 5.32 Å². The van der Waals surface area contributed by atoms with E-state index in [1.54, 1.807) is 0 Å². The van der Waals surface area contributed by atoms with Crippen molar-refractivity contribution in [2.75, 3.05) is 0 Å². The lowest BCUT2D eigenvalue weighted by atomic mass is 9.84. The molecule has 0 spiro atoms. The van der Waals surface area contributed by atoms with E-state index in [1.165, 1.54) is 37.7 Å². The minimum absolute atomic E-state index is 0.527. The van der Waals surface area contributed by atoms with Crippen molar-refractivity contribution in [2.45, 2.75) is 64.5 Å². The third-order valence-corrected chi connectivity index (χ3v) is 4.55. The molecule has 1 saturated carbocycles. The van der Waals surface area contributed by atoms with Gasteiger partial charge in [-0.15, -0.1) is 0 Å². The van der Waals surface area contributed by atoms with Crippen molar-refractivity contribution in [3.63, 3.8) is 0 Å². The zero-order chi connectivity index (χ0) is 13.7. The largest absolute Gasteiger partial charge is 0.311 e. The van der Waals surface area contributed by atoms with Crippen molar-refractivity contribution < 1.29 is 0 Å². The summed E-state index contributed by atoms with van der Waals surface area (Å²) in [5.41, 5.74) is 1.33. The van der Waals surface area contributed by atoms with Crippen LogP contribution in [0, 0.1) is 5.92 Å². The summed E-state index contributed by atoms with van der Waals surface area (Å²) in [5, 5.41) is 4.65. The molecule has 0 aliphatic heterocycles. The summed E-state index contributed by atoms with van der Waals surface area (Å²) in [6.07, 6.45) is 7.92. The van der Waals surface area contributed by atoms with Gasteiger partial charge in [0, 0.05) is 17.1 Å². The molecule has 3 atom stereocenters. The SMILES string of the molecule is CCC1CCCC(NC(C)Cc2cccc(Cl)c2)C1. The van der Waals surface area contributed by atoms with Gasteiger partial charge >= 0.3 is 0 Å². The maximum absolute atomic E-state index is 6.04. The molecule has 19 heavy (non-hydrogen) atoms. The molecule has 0 saturated heterocycles. The maximum atomic E-state index is 6.04.